The van der Waals surface area contributed by atoms with Gasteiger partial charge >= 0.3 is 5.97 Å². The van der Waals surface area contributed by atoms with Crippen LogP contribution in [0.5, 0.6) is 0 Å². The van der Waals surface area contributed by atoms with E-state index < -0.39 is 11.9 Å². The van der Waals surface area contributed by atoms with Crippen LogP contribution in [-0.2, 0) is 0 Å². The molecule has 0 aliphatic rings. The van der Waals surface area contributed by atoms with Crippen molar-refractivity contribution in [2.45, 2.75) is 0 Å². The van der Waals surface area contributed by atoms with Gasteiger partial charge in [-0.05, 0) is 36.4 Å². The van der Waals surface area contributed by atoms with Crippen LogP contribution >= 0.6 is 0 Å². The highest BCUT2D eigenvalue weighted by Gasteiger charge is 2.12. The molecule has 1 aromatic heterocycles. The van der Waals surface area contributed by atoms with E-state index in [9.17, 15) is 9.59 Å². The SMILES string of the molecule is NC(=O)c1ccccc1-n1ccc2cc(C(=O)O)ccc21. The van der Waals surface area contributed by atoms with E-state index in [1.807, 2.05) is 10.6 Å². The van der Waals surface area contributed by atoms with Crippen molar-refractivity contribution in [2.75, 3.05) is 0 Å². The minimum atomic E-state index is -0.970. The van der Waals surface area contributed by atoms with E-state index in [0.717, 1.165) is 10.9 Å². The van der Waals surface area contributed by atoms with E-state index in [4.69, 9.17) is 10.8 Å². The molecule has 0 saturated carbocycles. The monoisotopic (exact) mass is 280 g/mol. The number of benzene rings is 2. The summed E-state index contributed by atoms with van der Waals surface area (Å²) in [7, 11) is 0. The molecule has 1 heterocycles. The molecule has 3 N–H and O–H groups in total. The number of carboxylic acids is 1. The summed E-state index contributed by atoms with van der Waals surface area (Å²) < 4.78 is 1.82. The number of carbonyl (C=O) groups is 2. The topological polar surface area (TPSA) is 85.3 Å². The number of rotatable bonds is 3. The molecule has 3 rings (SSSR count). The first-order chi connectivity index (χ1) is 10.1. The van der Waals surface area contributed by atoms with Crippen LogP contribution < -0.4 is 5.73 Å². The van der Waals surface area contributed by atoms with Crippen molar-refractivity contribution >= 4 is 22.8 Å². The largest absolute Gasteiger partial charge is 0.478 e. The molecule has 0 aliphatic heterocycles. The molecule has 0 unspecified atom stereocenters. The van der Waals surface area contributed by atoms with E-state index in [1.165, 1.54) is 6.07 Å². The maximum atomic E-state index is 11.5. The fourth-order valence-electron chi connectivity index (χ4n) is 2.38. The number of carboxylic acid groups (broad SMARTS) is 1. The van der Waals surface area contributed by atoms with Crippen LogP contribution in [0, 0.1) is 0 Å². The maximum absolute atomic E-state index is 11.5. The van der Waals surface area contributed by atoms with Gasteiger partial charge < -0.3 is 15.4 Å². The number of hydrogen-bond acceptors (Lipinski definition) is 2. The summed E-state index contributed by atoms with van der Waals surface area (Å²) in [5, 5.41) is 9.80. The summed E-state index contributed by atoms with van der Waals surface area (Å²) in [6.45, 7) is 0. The summed E-state index contributed by atoms with van der Waals surface area (Å²) in [5.41, 5.74) is 7.52. The molecule has 0 saturated heterocycles. The molecule has 21 heavy (non-hydrogen) atoms. The van der Waals surface area contributed by atoms with Crippen LogP contribution in [0.4, 0.5) is 0 Å². The lowest BCUT2D eigenvalue weighted by Gasteiger charge is -2.09. The molecular weight excluding hydrogens is 268 g/mol. The summed E-state index contributed by atoms with van der Waals surface area (Å²) in [5.74, 6) is -1.48. The number of para-hydroxylation sites is 1. The van der Waals surface area contributed by atoms with Crippen molar-refractivity contribution in [3.63, 3.8) is 0 Å². The van der Waals surface area contributed by atoms with Gasteiger partial charge in [0, 0.05) is 11.6 Å². The fourth-order valence-corrected chi connectivity index (χ4v) is 2.38. The normalized spacial score (nSPS) is 10.7. The van der Waals surface area contributed by atoms with Gasteiger partial charge in [0.05, 0.1) is 22.3 Å². The molecule has 0 fully saturated rings. The molecule has 0 atom stereocenters. The average Bonchev–Trinajstić information content (AvgIpc) is 2.89. The number of aromatic nitrogens is 1. The van der Waals surface area contributed by atoms with Gasteiger partial charge in [-0.1, -0.05) is 12.1 Å². The second-order valence-electron chi connectivity index (χ2n) is 4.65. The van der Waals surface area contributed by atoms with Crippen LogP contribution in [0.1, 0.15) is 20.7 Å². The first-order valence-electron chi connectivity index (χ1n) is 6.31. The third kappa shape index (κ3) is 2.14. The van der Waals surface area contributed by atoms with E-state index in [2.05, 4.69) is 0 Å². The van der Waals surface area contributed by atoms with Gasteiger partial charge in [0.1, 0.15) is 0 Å². The van der Waals surface area contributed by atoms with Gasteiger partial charge in [0.25, 0.3) is 5.91 Å². The molecule has 0 spiro atoms. The Kier molecular flexibility index (Phi) is 2.95. The highest BCUT2D eigenvalue weighted by Crippen LogP contribution is 2.23. The highest BCUT2D eigenvalue weighted by molar-refractivity contribution is 5.98. The number of primary amides is 1. The minimum Gasteiger partial charge on any atom is -0.478 e. The van der Waals surface area contributed by atoms with Crippen molar-refractivity contribution in [1.29, 1.82) is 0 Å². The maximum Gasteiger partial charge on any atom is 0.335 e. The second kappa shape index (κ2) is 4.79. The van der Waals surface area contributed by atoms with E-state index in [1.54, 1.807) is 42.6 Å². The van der Waals surface area contributed by atoms with Gasteiger partial charge in [-0.2, -0.15) is 0 Å². The number of hydrogen-bond donors (Lipinski definition) is 2. The molecule has 0 bridgehead atoms. The van der Waals surface area contributed by atoms with Crippen molar-refractivity contribution < 1.29 is 14.7 Å². The van der Waals surface area contributed by atoms with Gasteiger partial charge in [0.15, 0.2) is 0 Å². The Bertz CT molecular complexity index is 865. The Balaban J connectivity index is 2.23. The Hall–Kier alpha value is -3.08. The van der Waals surface area contributed by atoms with Crippen LogP contribution in [0.2, 0.25) is 0 Å². The highest BCUT2D eigenvalue weighted by atomic mass is 16.4. The standard InChI is InChI=1S/C16H12N2O3/c17-15(19)12-3-1-2-4-14(12)18-8-7-10-9-11(16(20)21)5-6-13(10)18/h1-9H,(H2,17,19)(H,20,21). The zero-order valence-electron chi connectivity index (χ0n) is 11.0. The number of amides is 1. The van der Waals surface area contributed by atoms with E-state index in [-0.39, 0.29) is 5.56 Å². The third-order valence-electron chi connectivity index (χ3n) is 3.37. The Morgan fingerprint density at radius 2 is 1.81 bits per heavy atom. The van der Waals surface area contributed by atoms with Crippen LogP contribution in [0.25, 0.3) is 16.6 Å². The number of carbonyl (C=O) groups excluding carboxylic acids is 1. The smallest absolute Gasteiger partial charge is 0.335 e. The number of aromatic carboxylic acids is 1. The fraction of sp³-hybridized carbons (Fsp3) is 0. The lowest BCUT2D eigenvalue weighted by Crippen LogP contribution is -2.14. The van der Waals surface area contributed by atoms with E-state index in [0.29, 0.717) is 11.3 Å². The van der Waals surface area contributed by atoms with Crippen molar-refractivity contribution in [2.24, 2.45) is 5.73 Å². The molecule has 0 aliphatic carbocycles. The first kappa shape index (κ1) is 12.9. The van der Waals surface area contributed by atoms with Crippen LogP contribution in [0.15, 0.2) is 54.7 Å². The zero-order chi connectivity index (χ0) is 15.0. The number of nitrogens with two attached hydrogens (primary N) is 1. The summed E-state index contributed by atoms with van der Waals surface area (Å²) in [6.07, 6.45) is 1.79. The zero-order valence-corrected chi connectivity index (χ0v) is 11.0. The molecular formula is C16H12N2O3. The lowest BCUT2D eigenvalue weighted by atomic mass is 10.1. The number of nitrogens with zero attached hydrogens (tertiary/aromatic N) is 1. The molecule has 1 amide bonds. The third-order valence-corrected chi connectivity index (χ3v) is 3.37. The van der Waals surface area contributed by atoms with Crippen molar-refractivity contribution in [3.8, 4) is 5.69 Å². The molecule has 5 nitrogen and oxygen atoms in total. The number of fused-ring (bicyclic) bond motifs is 1. The Labute approximate surface area is 120 Å². The predicted molar refractivity (Wildman–Crippen MR) is 78.8 cm³/mol. The summed E-state index contributed by atoms with van der Waals surface area (Å²) in [4.78, 5) is 22.5. The molecule has 0 radical (unpaired) electrons. The average molecular weight is 280 g/mol. The Morgan fingerprint density at radius 1 is 1.05 bits per heavy atom. The summed E-state index contributed by atoms with van der Waals surface area (Å²) in [6, 6.07) is 13.7. The van der Waals surface area contributed by atoms with Gasteiger partial charge in [-0.3, -0.25) is 4.79 Å². The lowest BCUT2D eigenvalue weighted by molar-refractivity contribution is 0.0697. The molecule has 104 valence electrons. The minimum absolute atomic E-state index is 0.225. The van der Waals surface area contributed by atoms with E-state index >= 15 is 0 Å². The van der Waals surface area contributed by atoms with Crippen LogP contribution in [-0.4, -0.2) is 21.6 Å². The Morgan fingerprint density at radius 3 is 2.52 bits per heavy atom. The van der Waals surface area contributed by atoms with Crippen molar-refractivity contribution in [3.05, 3.63) is 65.9 Å². The van der Waals surface area contributed by atoms with Crippen LogP contribution in [0.3, 0.4) is 0 Å². The molecule has 3 aromatic rings. The molecule has 2 aromatic carbocycles. The van der Waals surface area contributed by atoms with Crippen molar-refractivity contribution in [1.82, 2.24) is 4.57 Å². The van der Waals surface area contributed by atoms with Gasteiger partial charge in [-0.25, -0.2) is 4.79 Å². The first-order valence-corrected chi connectivity index (χ1v) is 6.31. The van der Waals surface area contributed by atoms with Gasteiger partial charge in [0.2, 0.25) is 0 Å². The summed E-state index contributed by atoms with van der Waals surface area (Å²) >= 11 is 0. The molecule has 5 heteroatoms. The predicted octanol–water partition coefficient (Wildman–Crippen LogP) is 2.43. The second-order valence-corrected chi connectivity index (χ2v) is 4.65. The van der Waals surface area contributed by atoms with Gasteiger partial charge in [-0.15, -0.1) is 0 Å². The quantitative estimate of drug-likeness (QED) is 0.772.